The van der Waals surface area contributed by atoms with Crippen LogP contribution in [-0.4, -0.2) is 17.6 Å². The van der Waals surface area contributed by atoms with E-state index in [1.54, 1.807) is 0 Å². The molecule has 4 nitrogen and oxygen atoms in total. The van der Waals surface area contributed by atoms with Crippen LogP contribution < -0.4 is 15.5 Å². The van der Waals surface area contributed by atoms with Crippen LogP contribution in [0.25, 0.3) is 0 Å². The average Bonchev–Trinajstić information content (AvgIpc) is 3.32. The maximum atomic E-state index is 12.1. The van der Waals surface area contributed by atoms with E-state index in [2.05, 4.69) is 47.9 Å². The van der Waals surface area contributed by atoms with Crippen molar-refractivity contribution < 1.29 is 4.79 Å². The van der Waals surface area contributed by atoms with E-state index >= 15 is 0 Å². The molecule has 1 aliphatic heterocycles. The number of hydrogen-bond acceptors (Lipinski definition) is 2. The smallest absolute Gasteiger partial charge is 0.227 e. The summed E-state index contributed by atoms with van der Waals surface area (Å²) < 4.78 is 0. The third-order valence-corrected chi connectivity index (χ3v) is 6.44. The Kier molecular flexibility index (Phi) is 5.59. The van der Waals surface area contributed by atoms with Crippen LogP contribution in [0.3, 0.4) is 0 Å². The zero-order valence-electron chi connectivity index (χ0n) is 17.3. The van der Waals surface area contributed by atoms with Crippen molar-refractivity contribution in [2.75, 3.05) is 16.8 Å². The Hall–Kier alpha value is -2.40. The molecule has 4 rings (SSSR count). The van der Waals surface area contributed by atoms with Gasteiger partial charge in [0.2, 0.25) is 5.91 Å². The molecule has 2 aromatic rings. The van der Waals surface area contributed by atoms with Crippen LogP contribution in [0.1, 0.15) is 55.2 Å². The summed E-state index contributed by atoms with van der Waals surface area (Å²) in [5.74, 6) is 0.215. The highest BCUT2D eigenvalue weighted by Crippen LogP contribution is 2.39. The molecule has 0 bridgehead atoms. The van der Waals surface area contributed by atoms with Gasteiger partial charge in [-0.25, -0.2) is 0 Å². The molecular weight excluding hydrogens is 378 g/mol. The maximum absolute atomic E-state index is 12.1. The molecule has 29 heavy (non-hydrogen) atoms. The summed E-state index contributed by atoms with van der Waals surface area (Å²) in [5.41, 5.74) is 5.53. The topological polar surface area (TPSA) is 44.4 Å². The minimum atomic E-state index is -0.0886. The van der Waals surface area contributed by atoms with E-state index in [4.69, 9.17) is 12.2 Å². The predicted molar refractivity (Wildman–Crippen MR) is 123 cm³/mol. The zero-order chi connectivity index (χ0) is 20.4. The lowest BCUT2D eigenvalue weighted by Gasteiger charge is -2.32. The second-order valence-corrected chi connectivity index (χ2v) is 8.79. The SMILES string of the molecule is Cc1ccc(C2(NC(=S)Nc3ccc(N4CCCC4=O)c(C)c3)CCCC2)cc1. The number of amides is 1. The predicted octanol–water partition coefficient (Wildman–Crippen LogP) is 5.19. The lowest BCUT2D eigenvalue weighted by atomic mass is 9.88. The minimum Gasteiger partial charge on any atom is -0.353 e. The van der Waals surface area contributed by atoms with Crippen LogP contribution in [0, 0.1) is 13.8 Å². The van der Waals surface area contributed by atoms with Gasteiger partial charge in [-0.1, -0.05) is 42.7 Å². The summed E-state index contributed by atoms with van der Waals surface area (Å²) in [6, 6.07) is 14.9. The number of carbonyl (C=O) groups is 1. The van der Waals surface area contributed by atoms with E-state index in [-0.39, 0.29) is 11.4 Å². The molecule has 0 radical (unpaired) electrons. The molecule has 0 spiro atoms. The molecule has 1 saturated carbocycles. The van der Waals surface area contributed by atoms with Gasteiger partial charge in [-0.15, -0.1) is 0 Å². The van der Waals surface area contributed by atoms with Crippen LogP contribution >= 0.6 is 12.2 Å². The van der Waals surface area contributed by atoms with Crippen LogP contribution in [-0.2, 0) is 10.3 Å². The first kappa shape index (κ1) is 19.9. The normalized spacial score (nSPS) is 18.1. The van der Waals surface area contributed by atoms with Crippen molar-refractivity contribution in [2.24, 2.45) is 0 Å². The third kappa shape index (κ3) is 4.15. The van der Waals surface area contributed by atoms with E-state index in [0.717, 1.165) is 42.7 Å². The first-order chi connectivity index (χ1) is 14.0. The average molecular weight is 408 g/mol. The van der Waals surface area contributed by atoms with Crippen molar-refractivity contribution in [1.29, 1.82) is 0 Å². The fraction of sp³-hybridized carbons (Fsp3) is 0.417. The fourth-order valence-corrected chi connectivity index (χ4v) is 4.97. The number of nitrogens with zero attached hydrogens (tertiary/aromatic N) is 1. The van der Waals surface area contributed by atoms with Crippen LogP contribution in [0.4, 0.5) is 11.4 Å². The monoisotopic (exact) mass is 407 g/mol. The van der Waals surface area contributed by atoms with Gasteiger partial charge in [0, 0.05) is 24.3 Å². The van der Waals surface area contributed by atoms with Crippen molar-refractivity contribution in [3.63, 3.8) is 0 Å². The highest BCUT2D eigenvalue weighted by molar-refractivity contribution is 7.80. The minimum absolute atomic E-state index is 0.0886. The van der Waals surface area contributed by atoms with Crippen molar-refractivity contribution in [1.82, 2.24) is 5.32 Å². The highest BCUT2D eigenvalue weighted by atomic mass is 32.1. The Bertz CT molecular complexity index is 916. The molecule has 1 heterocycles. The van der Waals surface area contributed by atoms with Crippen LogP contribution in [0.5, 0.6) is 0 Å². The lowest BCUT2D eigenvalue weighted by molar-refractivity contribution is -0.117. The highest BCUT2D eigenvalue weighted by Gasteiger charge is 2.36. The first-order valence-corrected chi connectivity index (χ1v) is 10.9. The second kappa shape index (κ2) is 8.15. The van der Waals surface area contributed by atoms with Gasteiger partial charge in [0.1, 0.15) is 0 Å². The largest absolute Gasteiger partial charge is 0.353 e. The van der Waals surface area contributed by atoms with Gasteiger partial charge in [-0.3, -0.25) is 4.79 Å². The Morgan fingerprint density at radius 3 is 2.38 bits per heavy atom. The summed E-state index contributed by atoms with van der Waals surface area (Å²) in [6.45, 7) is 4.98. The van der Waals surface area contributed by atoms with Crippen molar-refractivity contribution in [3.05, 3.63) is 59.2 Å². The zero-order valence-corrected chi connectivity index (χ0v) is 18.1. The van der Waals surface area contributed by atoms with E-state index in [0.29, 0.717) is 11.5 Å². The van der Waals surface area contributed by atoms with Gasteiger partial charge < -0.3 is 15.5 Å². The number of rotatable bonds is 4. The quantitative estimate of drug-likeness (QED) is 0.685. The summed E-state index contributed by atoms with van der Waals surface area (Å²) in [7, 11) is 0. The molecule has 152 valence electrons. The maximum Gasteiger partial charge on any atom is 0.227 e. The second-order valence-electron chi connectivity index (χ2n) is 8.38. The van der Waals surface area contributed by atoms with Gasteiger partial charge >= 0.3 is 0 Å². The standard InChI is InChI=1S/C24H29N3OS/c1-17-7-9-19(10-8-17)24(13-3-4-14-24)26-23(29)25-20-11-12-21(18(2)16-20)27-15-5-6-22(27)28/h7-12,16H,3-6,13-15H2,1-2H3,(H2,25,26,29). The molecule has 5 heteroatoms. The Morgan fingerprint density at radius 1 is 1.03 bits per heavy atom. The molecule has 2 aliphatic rings. The Morgan fingerprint density at radius 2 is 1.76 bits per heavy atom. The van der Waals surface area contributed by atoms with Gasteiger partial charge in [-0.2, -0.15) is 0 Å². The summed E-state index contributed by atoms with van der Waals surface area (Å²) >= 11 is 5.69. The van der Waals surface area contributed by atoms with E-state index in [1.807, 2.05) is 24.0 Å². The van der Waals surface area contributed by atoms with Crippen molar-refractivity contribution in [2.45, 2.75) is 57.9 Å². The van der Waals surface area contributed by atoms with Gasteiger partial charge in [0.15, 0.2) is 5.11 Å². The van der Waals surface area contributed by atoms with Crippen LogP contribution in [0.15, 0.2) is 42.5 Å². The Labute approximate surface area is 178 Å². The van der Waals surface area contributed by atoms with Crippen LogP contribution in [0.2, 0.25) is 0 Å². The van der Waals surface area contributed by atoms with E-state index in [9.17, 15) is 4.79 Å². The molecule has 1 aliphatic carbocycles. The molecule has 2 fully saturated rings. The molecule has 1 saturated heterocycles. The third-order valence-electron chi connectivity index (χ3n) is 6.23. The number of carbonyl (C=O) groups excluding carboxylic acids is 1. The summed E-state index contributed by atoms with van der Waals surface area (Å²) in [5, 5.41) is 7.64. The number of anilines is 2. The van der Waals surface area contributed by atoms with E-state index in [1.165, 1.54) is 24.0 Å². The summed E-state index contributed by atoms with van der Waals surface area (Å²) in [6.07, 6.45) is 6.18. The fourth-order valence-electron chi connectivity index (χ4n) is 4.66. The van der Waals surface area contributed by atoms with Gasteiger partial charge in [0.25, 0.3) is 0 Å². The molecule has 2 N–H and O–H groups in total. The molecule has 1 amide bonds. The van der Waals surface area contributed by atoms with Gasteiger partial charge in [0.05, 0.1) is 5.54 Å². The molecule has 0 aromatic heterocycles. The summed E-state index contributed by atoms with van der Waals surface area (Å²) in [4.78, 5) is 13.9. The van der Waals surface area contributed by atoms with E-state index < -0.39 is 0 Å². The van der Waals surface area contributed by atoms with Gasteiger partial charge in [-0.05, 0) is 74.7 Å². The Balaban J connectivity index is 1.48. The van der Waals surface area contributed by atoms with Crippen molar-refractivity contribution in [3.8, 4) is 0 Å². The first-order valence-electron chi connectivity index (χ1n) is 10.5. The molecule has 0 atom stereocenters. The molecule has 2 aromatic carbocycles. The number of hydrogen-bond donors (Lipinski definition) is 2. The number of aryl methyl sites for hydroxylation is 2. The molecular formula is C24H29N3OS. The van der Waals surface area contributed by atoms with Crippen molar-refractivity contribution >= 4 is 34.6 Å². The number of benzene rings is 2. The molecule has 0 unspecified atom stereocenters. The number of nitrogens with one attached hydrogen (secondary N) is 2. The number of thiocarbonyl (C=S) groups is 1. The lowest BCUT2D eigenvalue weighted by Crippen LogP contribution is -2.45.